The smallest absolute Gasteiger partial charge is 0.326 e. The van der Waals surface area contributed by atoms with E-state index in [0.29, 0.717) is 5.56 Å². The van der Waals surface area contributed by atoms with Crippen molar-refractivity contribution in [1.29, 1.82) is 0 Å². The standard InChI is InChI=1S/C46H74N12O18/c1-20(2)14-28(54-44(73)38(24(7)62)58-42(71)35(48)21(3)4)39(68)49-16-33(66)53-29(15-25-8-10-26(63)11-9-25)41(70)57-37(23(6)61)45(74)55-30(19-59)40(69)50-18-34(67)56-36(22(5)60)43(72)51-17-32(65)52-27(46(75)76)12-13-31(47)64/h8-11,20-24,27-30,35-38,59-63H,12-19,48H2,1-7H3,(H2,47,64)(H,49,68)(H,50,69)(H,51,72)(H,52,65)(H,53,66)(H,54,73)(H,55,74)(H,56,67)(H,57,70)(H,58,71)(H,75,76)/t22-,23-,24-,27+,28+,29+,30+,35+,36+,37+,38+/m1/s1. The normalized spacial score (nSPS) is 15.4. The number of aliphatic carboxylic acids is 1. The van der Waals surface area contributed by atoms with E-state index < -0.39 is 164 Å². The second-order valence-corrected chi connectivity index (χ2v) is 18.6. The maximum Gasteiger partial charge on any atom is 0.326 e. The third-order valence-electron chi connectivity index (χ3n) is 11.0. The molecule has 0 aliphatic rings. The van der Waals surface area contributed by atoms with Gasteiger partial charge < -0.3 is 95.3 Å². The highest BCUT2D eigenvalue weighted by Gasteiger charge is 2.35. The Morgan fingerprint density at radius 1 is 0.513 bits per heavy atom. The van der Waals surface area contributed by atoms with Crippen LogP contribution < -0.4 is 64.6 Å². The largest absolute Gasteiger partial charge is 0.508 e. The van der Waals surface area contributed by atoms with Crippen molar-refractivity contribution in [3.8, 4) is 5.75 Å². The number of phenolic OH excluding ortho intramolecular Hbond substituents is 1. The molecule has 1 rings (SSSR count). The molecule has 0 fully saturated rings. The van der Waals surface area contributed by atoms with Gasteiger partial charge in [-0.05, 0) is 63.1 Å². The molecule has 0 unspecified atom stereocenters. The molecule has 0 saturated heterocycles. The van der Waals surface area contributed by atoms with E-state index in [1.807, 2.05) is 0 Å². The van der Waals surface area contributed by atoms with Crippen molar-refractivity contribution in [1.82, 2.24) is 53.2 Å². The molecule has 0 heterocycles. The minimum Gasteiger partial charge on any atom is -0.508 e. The molecular formula is C46H74N12O18. The zero-order valence-corrected chi connectivity index (χ0v) is 43.2. The van der Waals surface area contributed by atoms with E-state index in [1.54, 1.807) is 27.7 Å². The van der Waals surface area contributed by atoms with E-state index in [-0.39, 0.29) is 43.3 Å². The predicted octanol–water partition coefficient (Wildman–Crippen LogP) is -7.81. The lowest BCUT2D eigenvalue weighted by Gasteiger charge is -2.27. The number of carboxylic acids is 1. The summed E-state index contributed by atoms with van der Waals surface area (Å²) in [4.78, 5) is 153. The van der Waals surface area contributed by atoms with Crippen molar-refractivity contribution in [2.24, 2.45) is 23.3 Å². The van der Waals surface area contributed by atoms with Crippen molar-refractivity contribution in [2.75, 3.05) is 26.2 Å². The zero-order valence-electron chi connectivity index (χ0n) is 43.2. The summed E-state index contributed by atoms with van der Waals surface area (Å²) in [5.74, 6) is -13.2. The van der Waals surface area contributed by atoms with Gasteiger partial charge in [-0.3, -0.25) is 52.7 Å². The van der Waals surface area contributed by atoms with Crippen molar-refractivity contribution in [3.05, 3.63) is 29.8 Å². The van der Waals surface area contributed by atoms with Crippen LogP contribution in [0.25, 0.3) is 0 Å². The molecule has 0 saturated carbocycles. The summed E-state index contributed by atoms with van der Waals surface area (Å²) < 4.78 is 0. The molecule has 11 atom stereocenters. The maximum atomic E-state index is 13.8. The number of carbonyl (C=O) groups excluding carboxylic acids is 11. The summed E-state index contributed by atoms with van der Waals surface area (Å²) in [6, 6.07) is -6.99. The fourth-order valence-corrected chi connectivity index (χ4v) is 6.64. The van der Waals surface area contributed by atoms with E-state index in [2.05, 4.69) is 53.2 Å². The van der Waals surface area contributed by atoms with Crippen LogP contribution in [0.3, 0.4) is 0 Å². The molecule has 11 amide bonds. The van der Waals surface area contributed by atoms with Crippen LogP contribution in [0.1, 0.15) is 73.3 Å². The molecule has 1 aromatic rings. The Morgan fingerprint density at radius 2 is 0.934 bits per heavy atom. The van der Waals surface area contributed by atoms with E-state index in [0.717, 1.165) is 13.8 Å². The minimum atomic E-state index is -1.88. The summed E-state index contributed by atoms with van der Waals surface area (Å²) in [5.41, 5.74) is 11.3. The van der Waals surface area contributed by atoms with Crippen LogP contribution in [-0.4, -0.2) is 194 Å². The first kappa shape index (κ1) is 66.5. The van der Waals surface area contributed by atoms with Crippen LogP contribution in [0.2, 0.25) is 0 Å². The lowest BCUT2D eigenvalue weighted by molar-refractivity contribution is -0.142. The predicted molar refractivity (Wildman–Crippen MR) is 265 cm³/mol. The van der Waals surface area contributed by atoms with Gasteiger partial charge in [0.2, 0.25) is 65.0 Å². The number of primary amides is 1. The van der Waals surface area contributed by atoms with Crippen LogP contribution in [-0.2, 0) is 64.0 Å². The molecular weight excluding hydrogens is 1010 g/mol. The summed E-state index contributed by atoms with van der Waals surface area (Å²) in [6.45, 7) is 6.60. The molecule has 30 heteroatoms. The molecule has 426 valence electrons. The number of aromatic hydroxyl groups is 1. The van der Waals surface area contributed by atoms with Crippen LogP contribution in [0.5, 0.6) is 5.75 Å². The Bertz CT molecular complexity index is 2190. The highest BCUT2D eigenvalue weighted by Crippen LogP contribution is 2.13. The summed E-state index contributed by atoms with van der Waals surface area (Å²) >= 11 is 0. The number of rotatable bonds is 33. The highest BCUT2D eigenvalue weighted by atomic mass is 16.4. The monoisotopic (exact) mass is 1080 g/mol. The Hall–Kier alpha value is -7.54. The third kappa shape index (κ3) is 24.2. The molecule has 0 bridgehead atoms. The number of carboxylic acid groups (broad SMARTS) is 1. The Balaban J connectivity index is 3.11. The van der Waals surface area contributed by atoms with Crippen LogP contribution in [0.4, 0.5) is 0 Å². The number of aliphatic hydroxyl groups excluding tert-OH is 4. The summed E-state index contributed by atoms with van der Waals surface area (Å²) in [6.07, 6.45) is -5.71. The van der Waals surface area contributed by atoms with E-state index in [1.165, 1.54) is 31.2 Å². The SMILES string of the molecule is CC(C)C[C@H](NC(=O)[C@@H](NC(=O)[C@@H](N)C(C)C)[C@@H](C)O)C(=O)NCC(=O)N[C@@H](Cc1ccc(O)cc1)C(=O)N[C@H](C(=O)N[C@@H](CO)C(=O)NCC(=O)N[C@H](C(=O)NCC(=O)N[C@@H](CCC(N)=O)C(=O)O)[C@@H](C)O)[C@@H](C)O. The zero-order chi connectivity index (χ0) is 58.1. The quantitative estimate of drug-likeness (QED) is 0.0311. The average molecular weight is 1080 g/mol. The van der Waals surface area contributed by atoms with Gasteiger partial charge in [0.05, 0.1) is 50.6 Å². The number of phenols is 1. The molecule has 76 heavy (non-hydrogen) atoms. The molecule has 1 aromatic carbocycles. The number of nitrogens with two attached hydrogens (primary N) is 2. The van der Waals surface area contributed by atoms with Crippen LogP contribution in [0.15, 0.2) is 24.3 Å². The lowest BCUT2D eigenvalue weighted by Crippen LogP contribution is -2.61. The van der Waals surface area contributed by atoms with Crippen molar-refractivity contribution in [3.63, 3.8) is 0 Å². The highest BCUT2D eigenvalue weighted by molar-refractivity contribution is 5.98. The van der Waals surface area contributed by atoms with Crippen molar-refractivity contribution in [2.45, 2.75) is 141 Å². The second-order valence-electron chi connectivity index (χ2n) is 18.6. The van der Waals surface area contributed by atoms with Gasteiger partial charge in [0, 0.05) is 12.8 Å². The van der Waals surface area contributed by atoms with Gasteiger partial charge in [-0.25, -0.2) is 4.79 Å². The first-order valence-corrected chi connectivity index (χ1v) is 24.0. The summed E-state index contributed by atoms with van der Waals surface area (Å²) in [5, 5.41) is 82.5. The lowest BCUT2D eigenvalue weighted by atomic mass is 10.0. The van der Waals surface area contributed by atoms with Crippen LogP contribution in [0, 0.1) is 11.8 Å². The van der Waals surface area contributed by atoms with Gasteiger partial charge in [-0.2, -0.15) is 0 Å². The Kier molecular flexibility index (Phi) is 28.6. The van der Waals surface area contributed by atoms with Crippen LogP contribution >= 0.6 is 0 Å². The minimum absolute atomic E-state index is 0.0354. The molecule has 0 aromatic heterocycles. The average Bonchev–Trinajstić information content (AvgIpc) is 3.33. The molecule has 30 nitrogen and oxygen atoms in total. The van der Waals surface area contributed by atoms with Gasteiger partial charge >= 0.3 is 5.97 Å². The number of nitrogens with one attached hydrogen (secondary N) is 10. The van der Waals surface area contributed by atoms with Gasteiger partial charge in [0.1, 0.15) is 48.0 Å². The van der Waals surface area contributed by atoms with E-state index in [9.17, 15) is 88.2 Å². The van der Waals surface area contributed by atoms with Crippen molar-refractivity contribution >= 4 is 70.9 Å². The number of hydrogen-bond acceptors (Lipinski definition) is 18. The van der Waals surface area contributed by atoms with Crippen molar-refractivity contribution < 1.29 is 88.2 Å². The second kappa shape index (κ2) is 32.7. The first-order valence-electron chi connectivity index (χ1n) is 24.0. The topological polar surface area (TPSA) is 499 Å². The van der Waals surface area contributed by atoms with E-state index >= 15 is 0 Å². The van der Waals surface area contributed by atoms with Gasteiger partial charge in [-0.1, -0.05) is 39.8 Å². The number of hydrogen-bond donors (Lipinski definition) is 18. The molecule has 0 spiro atoms. The van der Waals surface area contributed by atoms with Gasteiger partial charge in [0.15, 0.2) is 0 Å². The number of amides is 11. The Labute approximate surface area is 437 Å². The van der Waals surface area contributed by atoms with Gasteiger partial charge in [-0.15, -0.1) is 0 Å². The first-order chi connectivity index (χ1) is 35.4. The fourth-order valence-electron chi connectivity index (χ4n) is 6.64. The summed E-state index contributed by atoms with van der Waals surface area (Å²) in [7, 11) is 0. The Morgan fingerprint density at radius 3 is 1.37 bits per heavy atom. The number of benzene rings is 1. The third-order valence-corrected chi connectivity index (χ3v) is 11.0. The molecule has 0 aliphatic carbocycles. The molecule has 0 aliphatic heterocycles. The molecule has 0 radical (unpaired) electrons. The number of aliphatic hydroxyl groups is 4. The maximum absolute atomic E-state index is 13.8. The molecule has 20 N–H and O–H groups in total. The van der Waals surface area contributed by atoms with Gasteiger partial charge in [0.25, 0.3) is 0 Å². The fraction of sp³-hybridized carbons (Fsp3) is 0.609. The number of carbonyl (C=O) groups is 12. The van der Waals surface area contributed by atoms with E-state index in [4.69, 9.17) is 11.5 Å².